The second-order valence-electron chi connectivity index (χ2n) is 3.44. The van der Waals surface area contributed by atoms with Crippen LogP contribution < -0.4 is 9.47 Å². The van der Waals surface area contributed by atoms with E-state index in [4.69, 9.17) is 32.7 Å². The van der Waals surface area contributed by atoms with Crippen LogP contribution in [0.2, 0.25) is 10.3 Å². The number of aromatic nitrogens is 2. The van der Waals surface area contributed by atoms with Crippen molar-refractivity contribution in [2.24, 2.45) is 0 Å². The van der Waals surface area contributed by atoms with Crippen LogP contribution in [0.4, 0.5) is 0 Å². The molecule has 1 aromatic carbocycles. The maximum atomic E-state index is 6.00. The molecule has 0 N–H and O–H groups in total. The second-order valence-corrected chi connectivity index (χ2v) is 4.19. The van der Waals surface area contributed by atoms with E-state index < -0.39 is 0 Å². The number of ether oxygens (including phenoxy) is 2. The molecule has 0 aliphatic carbocycles. The molecule has 1 heterocycles. The lowest BCUT2D eigenvalue weighted by Gasteiger charge is -2.10. The van der Waals surface area contributed by atoms with Crippen LogP contribution in [-0.2, 0) is 0 Å². The molecule has 4 nitrogen and oxygen atoms in total. The third kappa shape index (κ3) is 2.49. The Morgan fingerprint density at radius 3 is 2.33 bits per heavy atom. The zero-order chi connectivity index (χ0) is 13.1. The first-order valence-corrected chi connectivity index (χ1v) is 5.82. The van der Waals surface area contributed by atoms with E-state index in [1.165, 1.54) is 0 Å². The van der Waals surface area contributed by atoms with Gasteiger partial charge in [0.25, 0.3) is 0 Å². The first kappa shape index (κ1) is 12.9. The smallest absolute Gasteiger partial charge is 0.161 e. The molecule has 1 aromatic heterocycles. The number of benzene rings is 1. The van der Waals surface area contributed by atoms with Gasteiger partial charge in [-0.15, -0.1) is 10.2 Å². The van der Waals surface area contributed by atoms with Crippen LogP contribution in [0.15, 0.2) is 24.3 Å². The van der Waals surface area contributed by atoms with Crippen LogP contribution in [0.3, 0.4) is 0 Å². The van der Waals surface area contributed by atoms with Gasteiger partial charge < -0.3 is 9.47 Å². The van der Waals surface area contributed by atoms with E-state index in [0.29, 0.717) is 17.1 Å². The van der Waals surface area contributed by atoms with E-state index in [0.717, 1.165) is 5.56 Å². The Labute approximate surface area is 114 Å². The molecule has 0 saturated heterocycles. The van der Waals surface area contributed by atoms with Gasteiger partial charge in [-0.1, -0.05) is 29.3 Å². The molecular weight excluding hydrogens is 275 g/mol. The summed E-state index contributed by atoms with van der Waals surface area (Å²) in [6.07, 6.45) is 0. The maximum absolute atomic E-state index is 6.00. The molecule has 6 heteroatoms. The fraction of sp³-hybridized carbons (Fsp3) is 0.167. The van der Waals surface area contributed by atoms with Crippen molar-refractivity contribution in [3.05, 3.63) is 34.6 Å². The predicted molar refractivity (Wildman–Crippen MR) is 70.6 cm³/mol. The first-order chi connectivity index (χ1) is 8.65. The van der Waals surface area contributed by atoms with E-state index >= 15 is 0 Å². The average Bonchev–Trinajstić information content (AvgIpc) is 2.40. The van der Waals surface area contributed by atoms with Gasteiger partial charge in [0, 0.05) is 5.56 Å². The summed E-state index contributed by atoms with van der Waals surface area (Å²) in [5, 5.41) is 8.00. The van der Waals surface area contributed by atoms with Gasteiger partial charge in [-0.25, -0.2) is 0 Å². The molecule has 2 aromatic rings. The van der Waals surface area contributed by atoms with E-state index in [1.807, 2.05) is 6.07 Å². The van der Waals surface area contributed by atoms with Crippen molar-refractivity contribution >= 4 is 23.2 Å². The van der Waals surface area contributed by atoms with Crippen LogP contribution in [0.5, 0.6) is 11.5 Å². The summed E-state index contributed by atoms with van der Waals surface area (Å²) in [5.74, 6) is 1.25. The van der Waals surface area contributed by atoms with Crippen LogP contribution in [0.25, 0.3) is 11.1 Å². The van der Waals surface area contributed by atoms with Gasteiger partial charge in [-0.3, -0.25) is 0 Å². The SMILES string of the molecule is COc1ccc(-c2cc(Cl)nnc2Cl)cc1OC. The summed E-state index contributed by atoms with van der Waals surface area (Å²) in [5.41, 5.74) is 1.52. The molecule has 0 radical (unpaired) electrons. The molecule has 0 aliphatic heterocycles. The third-order valence-corrected chi connectivity index (χ3v) is 2.88. The number of hydrogen-bond acceptors (Lipinski definition) is 4. The van der Waals surface area contributed by atoms with Gasteiger partial charge in [0.15, 0.2) is 21.8 Å². The summed E-state index contributed by atoms with van der Waals surface area (Å²) in [7, 11) is 3.15. The summed E-state index contributed by atoms with van der Waals surface area (Å²) < 4.78 is 10.4. The Balaban J connectivity index is 2.54. The molecule has 0 amide bonds. The van der Waals surface area contributed by atoms with Crippen molar-refractivity contribution in [2.45, 2.75) is 0 Å². The summed E-state index contributed by atoms with van der Waals surface area (Å²) in [6, 6.07) is 7.09. The molecule has 0 bridgehead atoms. The minimum atomic E-state index is 0.282. The van der Waals surface area contributed by atoms with Gasteiger partial charge in [0.2, 0.25) is 0 Å². The molecule has 0 unspecified atom stereocenters. The number of rotatable bonds is 3. The Morgan fingerprint density at radius 2 is 1.67 bits per heavy atom. The molecule has 0 spiro atoms. The van der Waals surface area contributed by atoms with Crippen LogP contribution >= 0.6 is 23.2 Å². The van der Waals surface area contributed by atoms with Crippen molar-refractivity contribution in [2.75, 3.05) is 14.2 Å². The standard InChI is InChI=1S/C12H10Cl2N2O2/c1-17-9-4-3-7(5-10(9)18-2)8-6-11(13)15-16-12(8)14/h3-6H,1-2H3. The number of nitrogens with zero attached hydrogens (tertiary/aromatic N) is 2. The third-order valence-electron chi connectivity index (χ3n) is 2.41. The minimum Gasteiger partial charge on any atom is -0.493 e. The minimum absolute atomic E-state index is 0.282. The van der Waals surface area contributed by atoms with E-state index in [1.54, 1.807) is 32.4 Å². The zero-order valence-corrected chi connectivity index (χ0v) is 11.3. The Hall–Kier alpha value is -1.52. The lowest BCUT2D eigenvalue weighted by atomic mass is 10.1. The normalized spacial score (nSPS) is 10.2. The monoisotopic (exact) mass is 284 g/mol. The Bertz CT molecular complexity index is 576. The van der Waals surface area contributed by atoms with Gasteiger partial charge in [0.1, 0.15) is 0 Å². The lowest BCUT2D eigenvalue weighted by Crippen LogP contribution is -1.92. The molecule has 18 heavy (non-hydrogen) atoms. The topological polar surface area (TPSA) is 44.2 Å². The maximum Gasteiger partial charge on any atom is 0.161 e. The zero-order valence-electron chi connectivity index (χ0n) is 9.78. The predicted octanol–water partition coefficient (Wildman–Crippen LogP) is 3.47. The fourth-order valence-electron chi connectivity index (χ4n) is 1.56. The largest absolute Gasteiger partial charge is 0.493 e. The van der Waals surface area contributed by atoms with Gasteiger partial charge >= 0.3 is 0 Å². The molecule has 0 aliphatic rings. The number of halogens is 2. The highest BCUT2D eigenvalue weighted by Crippen LogP contribution is 2.34. The number of methoxy groups -OCH3 is 2. The average molecular weight is 285 g/mol. The summed E-state index contributed by atoms with van der Waals surface area (Å²) >= 11 is 11.8. The Morgan fingerprint density at radius 1 is 0.944 bits per heavy atom. The molecule has 0 atom stereocenters. The molecule has 2 rings (SSSR count). The van der Waals surface area contributed by atoms with Crippen molar-refractivity contribution in [3.63, 3.8) is 0 Å². The highest BCUT2D eigenvalue weighted by atomic mass is 35.5. The first-order valence-electron chi connectivity index (χ1n) is 5.07. The van der Waals surface area contributed by atoms with E-state index in [-0.39, 0.29) is 10.3 Å². The van der Waals surface area contributed by atoms with Crippen molar-refractivity contribution < 1.29 is 9.47 Å². The van der Waals surface area contributed by atoms with Gasteiger partial charge in [-0.05, 0) is 23.8 Å². The van der Waals surface area contributed by atoms with Crippen LogP contribution in [0.1, 0.15) is 0 Å². The highest BCUT2D eigenvalue weighted by Gasteiger charge is 2.10. The summed E-state index contributed by atoms with van der Waals surface area (Å²) in [6.45, 7) is 0. The Kier molecular flexibility index (Phi) is 3.89. The second kappa shape index (κ2) is 5.42. The van der Waals surface area contributed by atoms with Crippen molar-refractivity contribution in [3.8, 4) is 22.6 Å². The van der Waals surface area contributed by atoms with E-state index in [9.17, 15) is 0 Å². The van der Waals surface area contributed by atoms with E-state index in [2.05, 4.69) is 10.2 Å². The van der Waals surface area contributed by atoms with Crippen molar-refractivity contribution in [1.29, 1.82) is 0 Å². The quantitative estimate of drug-likeness (QED) is 0.866. The fourth-order valence-corrected chi connectivity index (χ4v) is 1.91. The van der Waals surface area contributed by atoms with Crippen molar-refractivity contribution in [1.82, 2.24) is 10.2 Å². The molecule has 0 saturated carbocycles. The number of hydrogen-bond donors (Lipinski definition) is 0. The molecule has 94 valence electrons. The van der Waals surface area contributed by atoms with Gasteiger partial charge in [-0.2, -0.15) is 0 Å². The lowest BCUT2D eigenvalue weighted by molar-refractivity contribution is 0.355. The molecule has 0 fully saturated rings. The summed E-state index contributed by atoms with van der Waals surface area (Å²) in [4.78, 5) is 0. The van der Waals surface area contributed by atoms with Crippen LogP contribution in [-0.4, -0.2) is 24.4 Å². The van der Waals surface area contributed by atoms with Gasteiger partial charge in [0.05, 0.1) is 14.2 Å². The van der Waals surface area contributed by atoms with Crippen LogP contribution in [0, 0.1) is 0 Å². The molecular formula is C12H10Cl2N2O2. The highest BCUT2D eigenvalue weighted by molar-refractivity contribution is 6.33.